The van der Waals surface area contributed by atoms with Crippen LogP contribution in [0.25, 0.3) is 0 Å². The van der Waals surface area contributed by atoms with Crippen LogP contribution in [-0.2, 0) is 6.54 Å². The molecular formula is C21H23N3O4S. The highest BCUT2D eigenvalue weighted by atomic mass is 32.1. The van der Waals surface area contributed by atoms with Gasteiger partial charge in [0.2, 0.25) is 0 Å². The zero-order valence-electron chi connectivity index (χ0n) is 16.4. The maximum Gasteiger partial charge on any atom is 0.264 e. The van der Waals surface area contributed by atoms with Gasteiger partial charge >= 0.3 is 0 Å². The molecular weight excluding hydrogens is 390 g/mol. The van der Waals surface area contributed by atoms with Crippen molar-refractivity contribution in [3.05, 3.63) is 58.0 Å². The van der Waals surface area contributed by atoms with E-state index in [-0.39, 0.29) is 17.4 Å². The number of aromatic nitrogens is 1. The highest BCUT2D eigenvalue weighted by Crippen LogP contribution is 2.35. The van der Waals surface area contributed by atoms with Gasteiger partial charge < -0.3 is 18.9 Å². The molecule has 7 nitrogen and oxygen atoms in total. The number of piperidine rings is 1. The van der Waals surface area contributed by atoms with E-state index in [4.69, 9.17) is 21.7 Å². The summed E-state index contributed by atoms with van der Waals surface area (Å²) in [5.41, 5.74) is 1.40. The molecule has 1 fully saturated rings. The Balaban J connectivity index is 1.52. The molecule has 8 heteroatoms. The summed E-state index contributed by atoms with van der Waals surface area (Å²) < 4.78 is 12.5. The van der Waals surface area contributed by atoms with Crippen molar-refractivity contribution in [3.8, 4) is 11.5 Å². The zero-order chi connectivity index (χ0) is 20.5. The maximum atomic E-state index is 12.9. The second-order valence-corrected chi connectivity index (χ2v) is 7.79. The van der Waals surface area contributed by atoms with Crippen LogP contribution >= 0.6 is 12.2 Å². The number of hydrogen-bond donors (Lipinski definition) is 1. The van der Waals surface area contributed by atoms with Gasteiger partial charge in [0, 0.05) is 37.3 Å². The summed E-state index contributed by atoms with van der Waals surface area (Å²) in [5.74, 6) is 1.02. The molecule has 1 amide bonds. The van der Waals surface area contributed by atoms with E-state index in [9.17, 15) is 9.59 Å². The molecule has 2 atom stereocenters. The number of benzene rings is 1. The Morgan fingerprint density at radius 3 is 2.45 bits per heavy atom. The van der Waals surface area contributed by atoms with E-state index in [1.54, 1.807) is 24.3 Å². The number of amides is 1. The van der Waals surface area contributed by atoms with Crippen LogP contribution in [0.5, 0.6) is 11.5 Å². The van der Waals surface area contributed by atoms with E-state index in [1.165, 1.54) is 14.2 Å². The first-order chi connectivity index (χ1) is 14.0. The van der Waals surface area contributed by atoms with Gasteiger partial charge in [-0.2, -0.15) is 0 Å². The van der Waals surface area contributed by atoms with Gasteiger partial charge in [0.25, 0.3) is 11.5 Å². The van der Waals surface area contributed by atoms with Crippen molar-refractivity contribution in [2.45, 2.75) is 18.9 Å². The third-order valence-corrected chi connectivity index (χ3v) is 6.00. The molecule has 3 heterocycles. The van der Waals surface area contributed by atoms with Crippen LogP contribution in [0.2, 0.25) is 0 Å². The average molecular weight is 413 g/mol. The van der Waals surface area contributed by atoms with E-state index in [0.29, 0.717) is 47.7 Å². The summed E-state index contributed by atoms with van der Waals surface area (Å²) in [4.78, 5) is 27.1. The number of likely N-dealkylation sites (tertiary alicyclic amines) is 1. The monoisotopic (exact) mass is 413 g/mol. The Morgan fingerprint density at radius 2 is 1.76 bits per heavy atom. The van der Waals surface area contributed by atoms with Gasteiger partial charge in [-0.1, -0.05) is 12.1 Å². The molecule has 0 spiro atoms. The van der Waals surface area contributed by atoms with Crippen LogP contribution < -0.4 is 20.3 Å². The molecule has 0 radical (unpaired) electrons. The number of nitrogens with zero attached hydrogens (tertiary/aromatic N) is 2. The summed E-state index contributed by atoms with van der Waals surface area (Å²) in [6.45, 7) is 2.06. The van der Waals surface area contributed by atoms with Crippen molar-refractivity contribution in [1.29, 1.82) is 0 Å². The second-order valence-electron chi connectivity index (χ2n) is 7.40. The van der Waals surface area contributed by atoms with E-state index in [2.05, 4.69) is 5.32 Å². The van der Waals surface area contributed by atoms with Crippen molar-refractivity contribution in [1.82, 2.24) is 14.8 Å². The third kappa shape index (κ3) is 3.60. The number of pyridine rings is 1. The number of carbonyl (C=O) groups excluding carboxylic acids is 1. The van der Waals surface area contributed by atoms with E-state index in [1.807, 2.05) is 21.6 Å². The summed E-state index contributed by atoms with van der Waals surface area (Å²) in [7, 11) is 3.02. The Morgan fingerprint density at radius 1 is 1.07 bits per heavy atom. The molecule has 2 aromatic rings. The number of thiocarbonyl (C=S) groups is 1. The predicted molar refractivity (Wildman–Crippen MR) is 113 cm³/mol. The average Bonchev–Trinajstić information content (AvgIpc) is 2.73. The molecule has 1 N–H and O–H groups in total. The first kappa shape index (κ1) is 19.4. The topological polar surface area (TPSA) is 72.8 Å². The Bertz CT molecular complexity index is 997. The van der Waals surface area contributed by atoms with E-state index >= 15 is 0 Å². The Labute approximate surface area is 174 Å². The van der Waals surface area contributed by atoms with Crippen LogP contribution in [0.3, 0.4) is 0 Å². The molecule has 1 aromatic heterocycles. The molecule has 2 bridgehead atoms. The van der Waals surface area contributed by atoms with Crippen molar-refractivity contribution in [2.75, 3.05) is 27.3 Å². The van der Waals surface area contributed by atoms with Gasteiger partial charge in [-0.3, -0.25) is 14.9 Å². The minimum atomic E-state index is -0.364. The molecule has 2 aliphatic heterocycles. The van der Waals surface area contributed by atoms with Crippen molar-refractivity contribution < 1.29 is 14.3 Å². The van der Waals surface area contributed by atoms with Gasteiger partial charge in [0.05, 0.1) is 14.2 Å². The zero-order valence-corrected chi connectivity index (χ0v) is 17.2. The molecule has 152 valence electrons. The molecule has 4 rings (SSSR count). The lowest BCUT2D eigenvalue weighted by Gasteiger charge is -2.43. The van der Waals surface area contributed by atoms with Gasteiger partial charge in [-0.05, 0) is 42.8 Å². The third-order valence-electron chi connectivity index (χ3n) is 5.64. The minimum Gasteiger partial charge on any atom is -0.496 e. The molecule has 2 aliphatic rings. The van der Waals surface area contributed by atoms with Gasteiger partial charge in [-0.25, -0.2) is 0 Å². The highest BCUT2D eigenvalue weighted by Gasteiger charge is 2.35. The highest BCUT2D eigenvalue weighted by molar-refractivity contribution is 7.80. The molecule has 0 saturated carbocycles. The largest absolute Gasteiger partial charge is 0.496 e. The standard InChI is InChI=1S/C21H23N3O4S/c1-27-16-6-4-7-17(28-2)19(16)20(26)22-21(29)23-10-13-9-14(12-23)15-5-3-8-18(25)24(15)11-13/h3-8,13-14H,9-12H2,1-2H3,(H,22,26,29)/t13-,14?/m0/s1. The number of rotatable bonds is 3. The number of hydrogen-bond acceptors (Lipinski definition) is 5. The number of ether oxygens (including phenoxy) is 2. The summed E-state index contributed by atoms with van der Waals surface area (Å²) >= 11 is 5.56. The summed E-state index contributed by atoms with van der Waals surface area (Å²) in [6, 6.07) is 10.6. The minimum absolute atomic E-state index is 0.0461. The van der Waals surface area contributed by atoms with Crippen LogP contribution in [0, 0.1) is 5.92 Å². The van der Waals surface area contributed by atoms with Crippen molar-refractivity contribution in [2.24, 2.45) is 5.92 Å². The van der Waals surface area contributed by atoms with Crippen LogP contribution in [0.15, 0.2) is 41.2 Å². The summed E-state index contributed by atoms with van der Waals surface area (Å²) in [6.07, 6.45) is 1.02. The molecule has 29 heavy (non-hydrogen) atoms. The molecule has 0 aliphatic carbocycles. The maximum absolute atomic E-state index is 12.9. The van der Waals surface area contributed by atoms with Crippen molar-refractivity contribution >= 4 is 23.2 Å². The molecule has 1 saturated heterocycles. The lowest BCUT2D eigenvalue weighted by molar-refractivity contribution is 0.0961. The second kappa shape index (κ2) is 7.87. The lowest BCUT2D eigenvalue weighted by atomic mass is 9.83. The van der Waals surface area contributed by atoms with Crippen LogP contribution in [0.4, 0.5) is 0 Å². The van der Waals surface area contributed by atoms with Crippen LogP contribution in [-0.4, -0.2) is 47.8 Å². The lowest BCUT2D eigenvalue weighted by Crippen LogP contribution is -2.52. The smallest absolute Gasteiger partial charge is 0.264 e. The van der Waals surface area contributed by atoms with Gasteiger partial charge in [0.15, 0.2) is 5.11 Å². The number of nitrogens with one attached hydrogen (secondary N) is 1. The fourth-order valence-electron chi connectivity index (χ4n) is 4.38. The first-order valence-electron chi connectivity index (χ1n) is 9.52. The summed E-state index contributed by atoms with van der Waals surface area (Å²) in [5, 5.41) is 3.21. The quantitative estimate of drug-likeness (QED) is 0.776. The van der Waals surface area contributed by atoms with Gasteiger partial charge in [0.1, 0.15) is 17.1 Å². The molecule has 1 unspecified atom stereocenters. The van der Waals surface area contributed by atoms with Gasteiger partial charge in [-0.15, -0.1) is 0 Å². The number of fused-ring (bicyclic) bond motifs is 4. The fourth-order valence-corrected chi connectivity index (χ4v) is 4.62. The SMILES string of the molecule is COc1cccc(OC)c1C(=O)NC(=S)N1CC2C[C@@H](C1)Cn1c2cccc1=O. The van der Waals surface area contributed by atoms with E-state index < -0.39 is 0 Å². The van der Waals surface area contributed by atoms with Crippen molar-refractivity contribution in [3.63, 3.8) is 0 Å². The Kier molecular flexibility index (Phi) is 5.27. The van der Waals surface area contributed by atoms with Crippen LogP contribution in [0.1, 0.15) is 28.4 Å². The Hall–Kier alpha value is -2.87. The van der Waals surface area contributed by atoms with E-state index in [0.717, 1.165) is 12.1 Å². The first-order valence-corrected chi connectivity index (χ1v) is 9.93. The number of carbonyl (C=O) groups is 1. The molecule has 1 aromatic carbocycles. The predicted octanol–water partition coefficient (Wildman–Crippen LogP) is 2.00. The fraction of sp³-hybridized carbons (Fsp3) is 0.381. The number of methoxy groups -OCH3 is 2. The normalized spacial score (nSPS) is 19.9.